The number of carbonyl (C=O) groups excluding carboxylic acids is 1. The normalized spacial score (nSPS) is 12.9. The van der Waals surface area contributed by atoms with Crippen LogP contribution < -0.4 is 11.1 Å². The molecule has 0 aliphatic rings. The Kier molecular flexibility index (Phi) is 5.49. The molecule has 1 aromatic rings. The zero-order valence-electron chi connectivity index (χ0n) is 11.3. The first-order valence-corrected chi connectivity index (χ1v) is 7.69. The fraction of sp³-hybridized carbons (Fsp3) is 0.417. The van der Waals surface area contributed by atoms with Gasteiger partial charge in [-0.1, -0.05) is 0 Å². The van der Waals surface area contributed by atoms with Crippen LogP contribution in [0.15, 0.2) is 23.1 Å². The molecule has 0 fully saturated rings. The molecule has 1 unspecified atom stereocenters. The smallest absolute Gasteiger partial charge is 0.251 e. The third-order valence-corrected chi connectivity index (χ3v) is 3.57. The molecule has 1 rings (SSSR count). The van der Waals surface area contributed by atoms with Gasteiger partial charge in [0.15, 0.2) is 9.84 Å². The first kappa shape index (κ1) is 16.4. The van der Waals surface area contributed by atoms with Crippen LogP contribution >= 0.6 is 0 Å². The molecule has 0 radical (unpaired) electrons. The van der Waals surface area contributed by atoms with Crippen molar-refractivity contribution in [3.05, 3.63) is 23.8 Å². The number of nitrogens with two attached hydrogens (primary N) is 1. The number of carbonyl (C=O) groups is 1. The van der Waals surface area contributed by atoms with Crippen molar-refractivity contribution in [2.45, 2.75) is 11.0 Å². The van der Waals surface area contributed by atoms with E-state index >= 15 is 0 Å². The maximum Gasteiger partial charge on any atom is 0.251 e. The third kappa shape index (κ3) is 4.80. The summed E-state index contributed by atoms with van der Waals surface area (Å²) in [6.07, 6.45) is 0.200. The number of aliphatic hydroxyl groups excluding tert-OH is 1. The van der Waals surface area contributed by atoms with E-state index in [2.05, 4.69) is 5.32 Å². The van der Waals surface area contributed by atoms with E-state index in [0.29, 0.717) is 0 Å². The number of nitrogen functional groups attached to an aromatic ring is 1. The number of ether oxygens (including phenoxy) is 1. The lowest BCUT2D eigenvalue weighted by Gasteiger charge is -2.11. The summed E-state index contributed by atoms with van der Waals surface area (Å²) >= 11 is 0. The number of hydrogen-bond donors (Lipinski definition) is 3. The highest BCUT2D eigenvalue weighted by Gasteiger charge is 2.14. The van der Waals surface area contributed by atoms with Crippen LogP contribution in [0.3, 0.4) is 0 Å². The average Bonchev–Trinajstić information content (AvgIpc) is 2.34. The number of amides is 1. The van der Waals surface area contributed by atoms with Crippen molar-refractivity contribution in [2.75, 3.05) is 32.3 Å². The van der Waals surface area contributed by atoms with Gasteiger partial charge in [-0.15, -0.1) is 0 Å². The molecule has 8 heteroatoms. The maximum atomic E-state index is 11.9. The quantitative estimate of drug-likeness (QED) is 0.604. The van der Waals surface area contributed by atoms with Gasteiger partial charge in [0.1, 0.15) is 0 Å². The molecule has 112 valence electrons. The predicted molar refractivity (Wildman–Crippen MR) is 74.2 cm³/mol. The largest absolute Gasteiger partial charge is 0.399 e. The van der Waals surface area contributed by atoms with E-state index in [0.717, 1.165) is 6.26 Å². The van der Waals surface area contributed by atoms with Gasteiger partial charge in [0, 0.05) is 31.2 Å². The number of hydrogen-bond acceptors (Lipinski definition) is 6. The summed E-state index contributed by atoms with van der Waals surface area (Å²) in [5.41, 5.74) is 5.88. The molecule has 0 saturated heterocycles. The summed E-state index contributed by atoms with van der Waals surface area (Å²) in [6, 6.07) is 3.89. The molecule has 1 aromatic carbocycles. The van der Waals surface area contributed by atoms with Gasteiger partial charge in [-0.05, 0) is 18.2 Å². The molecule has 0 aliphatic heterocycles. The Hall–Kier alpha value is -1.64. The molecule has 1 amide bonds. The van der Waals surface area contributed by atoms with E-state index in [1.807, 2.05) is 0 Å². The van der Waals surface area contributed by atoms with Gasteiger partial charge in [0.25, 0.3) is 5.91 Å². The SMILES string of the molecule is COCC(O)CNC(=O)c1cc(N)cc(S(C)(=O)=O)c1. The summed E-state index contributed by atoms with van der Waals surface area (Å²) in [4.78, 5) is 11.8. The fourth-order valence-corrected chi connectivity index (χ4v) is 2.22. The summed E-state index contributed by atoms with van der Waals surface area (Å²) in [7, 11) is -2.02. The zero-order valence-corrected chi connectivity index (χ0v) is 12.1. The van der Waals surface area contributed by atoms with Crippen LogP contribution in [0.2, 0.25) is 0 Å². The lowest BCUT2D eigenvalue weighted by Crippen LogP contribution is -2.34. The number of methoxy groups -OCH3 is 1. The molecule has 7 nitrogen and oxygen atoms in total. The Labute approximate surface area is 117 Å². The topological polar surface area (TPSA) is 119 Å². The summed E-state index contributed by atoms with van der Waals surface area (Å²) < 4.78 is 27.7. The van der Waals surface area contributed by atoms with E-state index in [-0.39, 0.29) is 29.3 Å². The van der Waals surface area contributed by atoms with Crippen molar-refractivity contribution >= 4 is 21.4 Å². The Balaban J connectivity index is 2.86. The number of nitrogens with one attached hydrogen (secondary N) is 1. The van der Waals surface area contributed by atoms with Crippen molar-refractivity contribution in [3.63, 3.8) is 0 Å². The van der Waals surface area contributed by atoms with E-state index in [4.69, 9.17) is 10.5 Å². The maximum absolute atomic E-state index is 11.9. The second kappa shape index (κ2) is 6.69. The highest BCUT2D eigenvalue weighted by molar-refractivity contribution is 7.90. The van der Waals surface area contributed by atoms with Gasteiger partial charge in [0.05, 0.1) is 17.6 Å². The van der Waals surface area contributed by atoms with Gasteiger partial charge in [-0.25, -0.2) is 8.42 Å². The van der Waals surface area contributed by atoms with Crippen molar-refractivity contribution in [1.82, 2.24) is 5.32 Å². The van der Waals surface area contributed by atoms with Crippen LogP contribution in [0.5, 0.6) is 0 Å². The molecular formula is C12H18N2O5S. The minimum absolute atomic E-state index is 0.00429. The fourth-order valence-electron chi connectivity index (χ4n) is 1.53. The monoisotopic (exact) mass is 302 g/mol. The van der Waals surface area contributed by atoms with Gasteiger partial charge >= 0.3 is 0 Å². The number of aliphatic hydroxyl groups is 1. The highest BCUT2D eigenvalue weighted by atomic mass is 32.2. The van der Waals surface area contributed by atoms with Crippen molar-refractivity contribution in [2.24, 2.45) is 0 Å². The molecule has 20 heavy (non-hydrogen) atoms. The molecule has 0 saturated carbocycles. The minimum Gasteiger partial charge on any atom is -0.399 e. The van der Waals surface area contributed by atoms with Crippen molar-refractivity contribution in [1.29, 1.82) is 0 Å². The zero-order chi connectivity index (χ0) is 15.3. The van der Waals surface area contributed by atoms with Crippen LogP contribution in [0.25, 0.3) is 0 Å². The Morgan fingerprint density at radius 3 is 2.65 bits per heavy atom. The van der Waals surface area contributed by atoms with Crippen LogP contribution in [-0.2, 0) is 14.6 Å². The molecular weight excluding hydrogens is 284 g/mol. The van der Waals surface area contributed by atoms with Crippen LogP contribution in [0.1, 0.15) is 10.4 Å². The number of rotatable bonds is 6. The van der Waals surface area contributed by atoms with Gasteiger partial charge < -0.3 is 20.9 Å². The molecule has 0 aromatic heterocycles. The number of benzene rings is 1. The molecule has 0 spiro atoms. The van der Waals surface area contributed by atoms with E-state index < -0.39 is 21.8 Å². The second-order valence-corrected chi connectivity index (χ2v) is 6.40. The lowest BCUT2D eigenvalue weighted by molar-refractivity contribution is 0.0610. The predicted octanol–water partition coefficient (Wildman–Crippen LogP) is -0.591. The van der Waals surface area contributed by atoms with Crippen molar-refractivity contribution in [3.8, 4) is 0 Å². The minimum atomic E-state index is -3.45. The van der Waals surface area contributed by atoms with E-state index in [1.165, 1.54) is 25.3 Å². The highest BCUT2D eigenvalue weighted by Crippen LogP contribution is 2.16. The van der Waals surface area contributed by atoms with Crippen molar-refractivity contribution < 1.29 is 23.1 Å². The summed E-state index contributed by atoms with van der Waals surface area (Å²) in [5.74, 6) is -0.516. The molecule has 0 bridgehead atoms. The van der Waals surface area contributed by atoms with Crippen LogP contribution in [0, 0.1) is 0 Å². The van der Waals surface area contributed by atoms with Gasteiger partial charge in [0.2, 0.25) is 0 Å². The van der Waals surface area contributed by atoms with Crippen LogP contribution in [-0.4, -0.2) is 52.1 Å². The average molecular weight is 302 g/mol. The number of sulfone groups is 1. The van der Waals surface area contributed by atoms with Gasteiger partial charge in [-0.3, -0.25) is 4.79 Å². The molecule has 4 N–H and O–H groups in total. The second-order valence-electron chi connectivity index (χ2n) is 4.38. The Morgan fingerprint density at radius 1 is 1.45 bits per heavy atom. The Morgan fingerprint density at radius 2 is 2.10 bits per heavy atom. The van der Waals surface area contributed by atoms with E-state index in [1.54, 1.807) is 0 Å². The van der Waals surface area contributed by atoms with Crippen LogP contribution in [0.4, 0.5) is 5.69 Å². The standard InChI is InChI=1S/C12H18N2O5S/c1-19-7-10(15)6-14-12(16)8-3-9(13)5-11(4-8)20(2,17)18/h3-5,10,15H,6-7,13H2,1-2H3,(H,14,16). The first-order valence-electron chi connectivity index (χ1n) is 5.80. The summed E-state index contributed by atoms with van der Waals surface area (Å²) in [5, 5.41) is 11.9. The molecule has 0 heterocycles. The van der Waals surface area contributed by atoms with Gasteiger partial charge in [-0.2, -0.15) is 0 Å². The molecule has 1 atom stereocenters. The first-order chi connectivity index (χ1) is 9.24. The number of anilines is 1. The molecule has 0 aliphatic carbocycles. The Bertz CT molecular complexity index is 586. The lowest BCUT2D eigenvalue weighted by atomic mass is 10.2. The van der Waals surface area contributed by atoms with E-state index in [9.17, 15) is 18.3 Å². The summed E-state index contributed by atoms with van der Waals surface area (Å²) in [6.45, 7) is 0.0848. The third-order valence-electron chi connectivity index (χ3n) is 2.48.